The van der Waals surface area contributed by atoms with E-state index in [1.165, 1.54) is 6.07 Å². The Kier molecular flexibility index (Phi) is 3.24. The third-order valence-corrected chi connectivity index (χ3v) is 2.83. The van der Waals surface area contributed by atoms with Crippen LogP contribution in [0.2, 0.25) is 0 Å². The maximum atomic E-state index is 13.8. The number of pyridine rings is 1. The molecule has 0 unspecified atom stereocenters. The number of hydrogen-bond acceptors (Lipinski definition) is 3. The highest BCUT2D eigenvalue weighted by atomic mass is 19.1. The van der Waals surface area contributed by atoms with Crippen molar-refractivity contribution in [2.75, 3.05) is 5.43 Å². The van der Waals surface area contributed by atoms with E-state index < -0.39 is 0 Å². The molecule has 0 fully saturated rings. The zero-order chi connectivity index (χ0) is 12.4. The molecule has 0 spiro atoms. The van der Waals surface area contributed by atoms with E-state index in [9.17, 15) is 4.39 Å². The van der Waals surface area contributed by atoms with Gasteiger partial charge in [0, 0.05) is 5.69 Å². The number of hydrazine groups is 1. The van der Waals surface area contributed by atoms with Crippen LogP contribution in [0.15, 0.2) is 18.2 Å². The molecule has 17 heavy (non-hydrogen) atoms. The van der Waals surface area contributed by atoms with Crippen molar-refractivity contribution in [1.82, 2.24) is 4.98 Å². The minimum Gasteiger partial charge on any atom is -0.323 e. The summed E-state index contributed by atoms with van der Waals surface area (Å²) in [5.41, 5.74) is 5.72. The predicted molar refractivity (Wildman–Crippen MR) is 68.2 cm³/mol. The lowest BCUT2D eigenvalue weighted by Gasteiger charge is -2.11. The molecule has 0 saturated carbocycles. The van der Waals surface area contributed by atoms with Crippen molar-refractivity contribution in [3.05, 3.63) is 35.3 Å². The number of nitrogen functional groups attached to an aromatic ring is 1. The maximum absolute atomic E-state index is 13.8. The minimum atomic E-state index is -0.297. The second-order valence-electron chi connectivity index (χ2n) is 4.14. The van der Waals surface area contributed by atoms with Crippen molar-refractivity contribution in [2.24, 2.45) is 5.84 Å². The largest absolute Gasteiger partial charge is 0.323 e. The summed E-state index contributed by atoms with van der Waals surface area (Å²) in [5.74, 6) is 5.16. The molecule has 90 valence electrons. The quantitative estimate of drug-likeness (QED) is 0.633. The molecule has 4 heteroatoms. The molecule has 1 aromatic carbocycles. The fourth-order valence-corrected chi connectivity index (χ4v) is 1.98. The smallest absolute Gasteiger partial charge is 0.134 e. The van der Waals surface area contributed by atoms with E-state index in [-0.39, 0.29) is 5.82 Å². The fourth-order valence-electron chi connectivity index (χ4n) is 1.98. The molecule has 0 saturated heterocycles. The first-order chi connectivity index (χ1) is 8.17. The van der Waals surface area contributed by atoms with Crippen LogP contribution in [0.3, 0.4) is 0 Å². The van der Waals surface area contributed by atoms with Gasteiger partial charge in [-0.25, -0.2) is 4.39 Å². The normalized spacial score (nSPS) is 10.8. The maximum Gasteiger partial charge on any atom is 0.134 e. The van der Waals surface area contributed by atoms with Gasteiger partial charge in [-0.2, -0.15) is 0 Å². The van der Waals surface area contributed by atoms with Crippen LogP contribution in [0.5, 0.6) is 0 Å². The SMILES string of the molecule is CCCc1cc(NN)c2c(F)ccc(C)c2n1. The first-order valence-electron chi connectivity index (χ1n) is 5.72. The Hall–Kier alpha value is -1.68. The van der Waals surface area contributed by atoms with Gasteiger partial charge in [0.05, 0.1) is 16.6 Å². The summed E-state index contributed by atoms with van der Waals surface area (Å²) in [5, 5.41) is 0.465. The molecule has 0 amide bonds. The standard InChI is InChI=1S/C13H16FN3/c1-3-4-9-7-11(17-15)12-10(14)6-5-8(2)13(12)16-9/h5-7H,3-4,15H2,1-2H3,(H,16,17). The Morgan fingerprint density at radius 1 is 1.41 bits per heavy atom. The van der Waals surface area contributed by atoms with Gasteiger partial charge < -0.3 is 5.43 Å². The predicted octanol–water partition coefficient (Wildman–Crippen LogP) is 2.92. The number of aryl methyl sites for hydroxylation is 2. The van der Waals surface area contributed by atoms with Crippen LogP contribution in [-0.2, 0) is 6.42 Å². The van der Waals surface area contributed by atoms with Gasteiger partial charge in [-0.05, 0) is 31.0 Å². The summed E-state index contributed by atoms with van der Waals surface area (Å²) < 4.78 is 13.8. The average Bonchev–Trinajstić information content (AvgIpc) is 2.33. The van der Waals surface area contributed by atoms with Gasteiger partial charge in [-0.15, -0.1) is 0 Å². The third-order valence-electron chi connectivity index (χ3n) is 2.83. The van der Waals surface area contributed by atoms with Crippen LogP contribution in [0.25, 0.3) is 10.9 Å². The number of anilines is 1. The Balaban J connectivity index is 2.77. The molecule has 2 rings (SSSR count). The number of halogens is 1. The van der Waals surface area contributed by atoms with E-state index in [4.69, 9.17) is 5.84 Å². The van der Waals surface area contributed by atoms with Crippen molar-refractivity contribution in [3.8, 4) is 0 Å². The summed E-state index contributed by atoms with van der Waals surface area (Å²) in [6.07, 6.45) is 1.86. The van der Waals surface area contributed by atoms with Gasteiger partial charge in [-0.3, -0.25) is 10.8 Å². The van der Waals surface area contributed by atoms with Crippen LogP contribution < -0.4 is 11.3 Å². The van der Waals surface area contributed by atoms with Gasteiger partial charge >= 0.3 is 0 Å². The van der Waals surface area contributed by atoms with Gasteiger partial charge in [0.1, 0.15) is 5.82 Å². The summed E-state index contributed by atoms with van der Waals surface area (Å²) in [6.45, 7) is 4.00. The van der Waals surface area contributed by atoms with Crippen LogP contribution in [0.4, 0.5) is 10.1 Å². The molecule has 0 radical (unpaired) electrons. The Bertz CT molecular complexity index is 552. The molecule has 1 aromatic heterocycles. The number of nitrogens with two attached hydrogens (primary N) is 1. The van der Waals surface area contributed by atoms with E-state index in [0.717, 1.165) is 24.1 Å². The second-order valence-corrected chi connectivity index (χ2v) is 4.14. The Morgan fingerprint density at radius 2 is 2.18 bits per heavy atom. The van der Waals surface area contributed by atoms with Gasteiger partial charge in [-0.1, -0.05) is 19.4 Å². The molecular weight excluding hydrogens is 217 g/mol. The number of rotatable bonds is 3. The van der Waals surface area contributed by atoms with Gasteiger partial charge in [0.15, 0.2) is 0 Å². The van der Waals surface area contributed by atoms with Crippen molar-refractivity contribution in [1.29, 1.82) is 0 Å². The lowest BCUT2D eigenvalue weighted by Crippen LogP contribution is -2.09. The zero-order valence-electron chi connectivity index (χ0n) is 10.0. The highest BCUT2D eigenvalue weighted by molar-refractivity contribution is 5.93. The van der Waals surface area contributed by atoms with Gasteiger partial charge in [0.2, 0.25) is 0 Å². The number of nitrogens with zero attached hydrogens (tertiary/aromatic N) is 1. The first-order valence-corrected chi connectivity index (χ1v) is 5.72. The summed E-state index contributed by atoms with van der Waals surface area (Å²) in [4.78, 5) is 4.50. The average molecular weight is 233 g/mol. The molecule has 3 N–H and O–H groups in total. The Labute approximate surface area is 99.8 Å². The van der Waals surface area contributed by atoms with E-state index in [1.807, 2.05) is 13.0 Å². The number of nitrogens with one attached hydrogen (secondary N) is 1. The molecule has 0 aliphatic carbocycles. The number of hydrogen-bond donors (Lipinski definition) is 2. The minimum absolute atomic E-state index is 0.297. The molecule has 0 aliphatic rings. The van der Waals surface area contributed by atoms with Gasteiger partial charge in [0.25, 0.3) is 0 Å². The fraction of sp³-hybridized carbons (Fsp3) is 0.308. The van der Waals surface area contributed by atoms with Crippen molar-refractivity contribution < 1.29 is 4.39 Å². The van der Waals surface area contributed by atoms with E-state index in [1.54, 1.807) is 6.07 Å². The van der Waals surface area contributed by atoms with Crippen molar-refractivity contribution in [2.45, 2.75) is 26.7 Å². The van der Waals surface area contributed by atoms with Crippen molar-refractivity contribution >= 4 is 16.6 Å². The zero-order valence-corrected chi connectivity index (χ0v) is 10.0. The van der Waals surface area contributed by atoms with Crippen LogP contribution in [-0.4, -0.2) is 4.98 Å². The third kappa shape index (κ3) is 2.08. The van der Waals surface area contributed by atoms with E-state index >= 15 is 0 Å². The molecule has 0 bridgehead atoms. The summed E-state index contributed by atoms with van der Waals surface area (Å²) in [6, 6.07) is 4.99. The van der Waals surface area contributed by atoms with Crippen LogP contribution >= 0.6 is 0 Å². The summed E-state index contributed by atoms with van der Waals surface area (Å²) in [7, 11) is 0. The lowest BCUT2D eigenvalue weighted by molar-refractivity contribution is 0.639. The number of aromatic nitrogens is 1. The van der Waals surface area contributed by atoms with E-state index in [0.29, 0.717) is 16.6 Å². The number of fused-ring (bicyclic) bond motifs is 1. The van der Waals surface area contributed by atoms with E-state index in [2.05, 4.69) is 17.3 Å². The first kappa shape index (κ1) is 11.8. The molecule has 1 heterocycles. The van der Waals surface area contributed by atoms with Crippen LogP contribution in [0.1, 0.15) is 24.6 Å². The topological polar surface area (TPSA) is 50.9 Å². The highest BCUT2D eigenvalue weighted by Gasteiger charge is 2.11. The van der Waals surface area contributed by atoms with Crippen molar-refractivity contribution in [3.63, 3.8) is 0 Å². The highest BCUT2D eigenvalue weighted by Crippen LogP contribution is 2.28. The lowest BCUT2D eigenvalue weighted by atomic mass is 10.1. The van der Waals surface area contributed by atoms with Crippen LogP contribution in [0, 0.1) is 12.7 Å². The summed E-state index contributed by atoms with van der Waals surface area (Å²) >= 11 is 0. The second kappa shape index (κ2) is 4.67. The molecule has 0 atom stereocenters. The molecule has 0 aliphatic heterocycles. The Morgan fingerprint density at radius 3 is 2.82 bits per heavy atom. The molecular formula is C13H16FN3. The molecule has 3 nitrogen and oxygen atoms in total. The molecule has 2 aromatic rings. The monoisotopic (exact) mass is 233 g/mol. The number of benzene rings is 1.